The molecule has 0 bridgehead atoms. The fourth-order valence-electron chi connectivity index (χ4n) is 3.01. The molecule has 2 aromatic rings. The van der Waals surface area contributed by atoms with E-state index in [1.165, 1.54) is 23.5 Å². The van der Waals surface area contributed by atoms with Gasteiger partial charge in [-0.2, -0.15) is 0 Å². The molecule has 1 atom stereocenters. The molecule has 1 fully saturated rings. The van der Waals surface area contributed by atoms with Gasteiger partial charge in [-0.25, -0.2) is 0 Å². The van der Waals surface area contributed by atoms with Gasteiger partial charge in [0.25, 0.3) is 11.6 Å². The summed E-state index contributed by atoms with van der Waals surface area (Å²) in [6.07, 6.45) is 0. The standard InChI is InChI=1S/C18H20N4O5S/c23-12-15(19-17(24)16-2-1-11-28-16)18(25)21-9-7-20(8-10-21)13-3-5-14(6-4-13)22(26)27/h1-6,11,15,23H,7-10,12H2,(H,19,24). The number of amides is 2. The summed E-state index contributed by atoms with van der Waals surface area (Å²) >= 11 is 1.26. The average molecular weight is 404 g/mol. The Labute approximate surface area is 165 Å². The van der Waals surface area contributed by atoms with Crippen molar-refractivity contribution in [3.63, 3.8) is 0 Å². The van der Waals surface area contributed by atoms with Gasteiger partial charge in [0.05, 0.1) is 16.4 Å². The minimum Gasteiger partial charge on any atom is -0.394 e. The molecule has 0 saturated carbocycles. The average Bonchev–Trinajstić information content (AvgIpc) is 3.26. The summed E-state index contributed by atoms with van der Waals surface area (Å²) in [5.74, 6) is -0.706. The molecular weight excluding hydrogens is 384 g/mol. The Morgan fingerprint density at radius 2 is 1.86 bits per heavy atom. The summed E-state index contributed by atoms with van der Waals surface area (Å²) in [7, 11) is 0. The molecule has 148 valence electrons. The fourth-order valence-corrected chi connectivity index (χ4v) is 3.64. The Hall–Kier alpha value is -2.98. The molecule has 1 aliphatic heterocycles. The van der Waals surface area contributed by atoms with Gasteiger partial charge in [0.1, 0.15) is 6.04 Å². The van der Waals surface area contributed by atoms with Crippen LogP contribution in [0.5, 0.6) is 0 Å². The third kappa shape index (κ3) is 4.46. The smallest absolute Gasteiger partial charge is 0.269 e. The summed E-state index contributed by atoms with van der Waals surface area (Å²) in [5.41, 5.74) is 0.882. The lowest BCUT2D eigenvalue weighted by Gasteiger charge is -2.37. The number of carbonyl (C=O) groups is 2. The number of thiophene rings is 1. The van der Waals surface area contributed by atoms with Crippen molar-refractivity contribution >= 4 is 34.5 Å². The molecule has 1 unspecified atom stereocenters. The van der Waals surface area contributed by atoms with E-state index in [-0.39, 0.29) is 17.5 Å². The number of hydrogen-bond acceptors (Lipinski definition) is 7. The zero-order valence-electron chi connectivity index (χ0n) is 15.0. The first-order valence-electron chi connectivity index (χ1n) is 8.73. The molecule has 10 heteroatoms. The number of hydrogen-bond donors (Lipinski definition) is 2. The number of aliphatic hydroxyl groups is 1. The summed E-state index contributed by atoms with van der Waals surface area (Å²) in [6, 6.07) is 8.69. The number of piperazine rings is 1. The van der Waals surface area contributed by atoms with E-state index in [1.54, 1.807) is 34.5 Å². The van der Waals surface area contributed by atoms with Crippen LogP contribution in [0.1, 0.15) is 9.67 Å². The molecule has 0 aliphatic carbocycles. The molecule has 28 heavy (non-hydrogen) atoms. The molecule has 0 spiro atoms. The number of anilines is 1. The van der Waals surface area contributed by atoms with Crippen LogP contribution in [0.25, 0.3) is 0 Å². The molecule has 2 N–H and O–H groups in total. The van der Waals surface area contributed by atoms with Crippen LogP contribution < -0.4 is 10.2 Å². The molecular formula is C18H20N4O5S. The Balaban J connectivity index is 1.56. The number of nitrogens with zero attached hydrogens (tertiary/aromatic N) is 3. The van der Waals surface area contributed by atoms with Gasteiger partial charge in [-0.3, -0.25) is 19.7 Å². The third-order valence-corrected chi connectivity index (χ3v) is 5.42. The first-order chi connectivity index (χ1) is 13.5. The largest absolute Gasteiger partial charge is 0.394 e. The highest BCUT2D eigenvalue weighted by molar-refractivity contribution is 7.12. The van der Waals surface area contributed by atoms with E-state index in [4.69, 9.17) is 0 Å². The van der Waals surface area contributed by atoms with Crippen LogP contribution in [0.2, 0.25) is 0 Å². The van der Waals surface area contributed by atoms with Crippen molar-refractivity contribution in [3.05, 3.63) is 56.8 Å². The summed E-state index contributed by atoms with van der Waals surface area (Å²) < 4.78 is 0. The minimum atomic E-state index is -0.986. The van der Waals surface area contributed by atoms with Gasteiger partial charge < -0.3 is 20.2 Å². The second-order valence-electron chi connectivity index (χ2n) is 6.27. The van der Waals surface area contributed by atoms with Crippen molar-refractivity contribution in [1.29, 1.82) is 0 Å². The number of carbonyl (C=O) groups excluding carboxylic acids is 2. The summed E-state index contributed by atoms with van der Waals surface area (Å²) in [6.45, 7) is 1.50. The van der Waals surface area contributed by atoms with Gasteiger partial charge in [-0.05, 0) is 23.6 Å². The van der Waals surface area contributed by atoms with Gasteiger partial charge in [0.2, 0.25) is 5.91 Å². The van der Waals surface area contributed by atoms with E-state index in [0.717, 1.165) is 5.69 Å². The lowest BCUT2D eigenvalue weighted by molar-refractivity contribution is -0.384. The maximum atomic E-state index is 12.7. The highest BCUT2D eigenvalue weighted by Crippen LogP contribution is 2.21. The number of nitro groups is 1. The van der Waals surface area contributed by atoms with Crippen LogP contribution in [0.3, 0.4) is 0 Å². The van der Waals surface area contributed by atoms with Crippen molar-refractivity contribution < 1.29 is 19.6 Å². The van der Waals surface area contributed by atoms with Crippen molar-refractivity contribution in [1.82, 2.24) is 10.2 Å². The van der Waals surface area contributed by atoms with Crippen molar-refractivity contribution in [2.45, 2.75) is 6.04 Å². The van der Waals surface area contributed by atoms with Crippen LogP contribution >= 0.6 is 11.3 Å². The Morgan fingerprint density at radius 3 is 2.39 bits per heavy atom. The van der Waals surface area contributed by atoms with Gasteiger partial charge >= 0.3 is 0 Å². The van der Waals surface area contributed by atoms with E-state index >= 15 is 0 Å². The highest BCUT2D eigenvalue weighted by Gasteiger charge is 2.28. The maximum Gasteiger partial charge on any atom is 0.269 e. The molecule has 3 rings (SSSR count). The van der Waals surface area contributed by atoms with Gasteiger partial charge in [0.15, 0.2) is 0 Å². The SMILES string of the molecule is O=C(NC(CO)C(=O)N1CCN(c2ccc([N+](=O)[O-])cc2)CC1)c1cccs1. The van der Waals surface area contributed by atoms with Crippen LogP contribution in [-0.2, 0) is 4.79 Å². The third-order valence-electron chi connectivity index (χ3n) is 4.55. The predicted octanol–water partition coefficient (Wildman–Crippen LogP) is 1.10. The number of non-ortho nitro benzene ring substituents is 1. The lowest BCUT2D eigenvalue weighted by atomic mass is 10.2. The predicted molar refractivity (Wildman–Crippen MR) is 105 cm³/mol. The van der Waals surface area contributed by atoms with E-state index in [1.807, 2.05) is 4.90 Å². The topological polar surface area (TPSA) is 116 Å². The van der Waals surface area contributed by atoms with Crippen LogP contribution in [0.4, 0.5) is 11.4 Å². The Bertz CT molecular complexity index is 832. The van der Waals surface area contributed by atoms with Crippen LogP contribution in [0, 0.1) is 10.1 Å². The summed E-state index contributed by atoms with van der Waals surface area (Å²) in [4.78, 5) is 39.2. The van der Waals surface area contributed by atoms with Gasteiger partial charge in [-0.1, -0.05) is 6.07 Å². The van der Waals surface area contributed by atoms with E-state index in [9.17, 15) is 24.8 Å². The van der Waals surface area contributed by atoms with Crippen molar-refractivity contribution in [2.24, 2.45) is 0 Å². The van der Waals surface area contributed by atoms with Crippen molar-refractivity contribution in [2.75, 3.05) is 37.7 Å². The van der Waals surface area contributed by atoms with Gasteiger partial charge in [-0.15, -0.1) is 11.3 Å². The van der Waals surface area contributed by atoms with E-state index in [2.05, 4.69) is 5.32 Å². The normalized spacial score (nSPS) is 15.2. The zero-order chi connectivity index (χ0) is 20.1. The monoisotopic (exact) mass is 404 g/mol. The number of rotatable bonds is 6. The maximum absolute atomic E-state index is 12.7. The fraction of sp³-hybridized carbons (Fsp3) is 0.333. The Morgan fingerprint density at radius 1 is 1.18 bits per heavy atom. The number of nitro benzene ring substituents is 1. The minimum absolute atomic E-state index is 0.0323. The van der Waals surface area contributed by atoms with Crippen LogP contribution in [0.15, 0.2) is 41.8 Å². The lowest BCUT2D eigenvalue weighted by Crippen LogP contribution is -2.56. The number of benzene rings is 1. The van der Waals surface area contributed by atoms with Crippen molar-refractivity contribution in [3.8, 4) is 0 Å². The first-order valence-corrected chi connectivity index (χ1v) is 9.61. The molecule has 1 aromatic carbocycles. The van der Waals surface area contributed by atoms with Crippen LogP contribution in [-0.4, -0.2) is 65.6 Å². The molecule has 1 aromatic heterocycles. The molecule has 2 heterocycles. The molecule has 1 aliphatic rings. The zero-order valence-corrected chi connectivity index (χ0v) is 15.8. The number of nitrogens with one attached hydrogen (secondary N) is 1. The van der Waals surface area contributed by atoms with E-state index < -0.39 is 17.6 Å². The molecule has 0 radical (unpaired) electrons. The van der Waals surface area contributed by atoms with E-state index in [0.29, 0.717) is 31.1 Å². The summed E-state index contributed by atoms with van der Waals surface area (Å²) in [5, 5.41) is 24.6. The second kappa shape index (κ2) is 8.81. The molecule has 2 amide bonds. The van der Waals surface area contributed by atoms with Gasteiger partial charge in [0, 0.05) is 44.0 Å². The second-order valence-corrected chi connectivity index (χ2v) is 7.22. The molecule has 9 nitrogen and oxygen atoms in total. The number of aliphatic hydroxyl groups excluding tert-OH is 1. The first kappa shape index (κ1) is 19.8. The molecule has 1 saturated heterocycles. The Kier molecular flexibility index (Phi) is 6.22. The quantitative estimate of drug-likeness (QED) is 0.550. The highest BCUT2D eigenvalue weighted by atomic mass is 32.1.